The van der Waals surface area contributed by atoms with Crippen LogP contribution in [0.3, 0.4) is 0 Å². The Balaban J connectivity index is 1.12. The topological polar surface area (TPSA) is 51.8 Å². The maximum atomic E-state index is 6.57. The Kier molecular flexibility index (Phi) is 7.78. The smallest absolute Gasteiger partial charge is 0.164 e. The lowest BCUT2D eigenvalue weighted by atomic mass is 9.89. The van der Waals surface area contributed by atoms with E-state index in [4.69, 9.17) is 19.4 Å². The molecule has 11 aromatic rings. The Labute approximate surface area is 329 Å². The van der Waals surface area contributed by atoms with Crippen molar-refractivity contribution in [1.82, 2.24) is 15.0 Å². The minimum atomic E-state index is 0.626. The summed E-state index contributed by atoms with van der Waals surface area (Å²) in [7, 11) is 0. The molecule has 4 heteroatoms. The number of para-hydroxylation sites is 1. The van der Waals surface area contributed by atoms with Crippen LogP contribution in [0.5, 0.6) is 0 Å². The van der Waals surface area contributed by atoms with E-state index in [0.29, 0.717) is 17.5 Å². The van der Waals surface area contributed by atoms with E-state index < -0.39 is 0 Å². The second kappa shape index (κ2) is 13.6. The maximum absolute atomic E-state index is 6.57. The molecular formula is C53H33N3O. The fraction of sp³-hybridized carbons (Fsp3) is 0. The third-order valence-electron chi connectivity index (χ3n) is 11.0. The summed E-state index contributed by atoms with van der Waals surface area (Å²) in [6, 6.07) is 69.9. The molecule has 0 radical (unpaired) electrons. The van der Waals surface area contributed by atoms with Gasteiger partial charge in [-0.2, -0.15) is 0 Å². The minimum Gasteiger partial charge on any atom is -0.455 e. The molecule has 0 saturated heterocycles. The number of fused-ring (bicyclic) bond motifs is 6. The van der Waals surface area contributed by atoms with E-state index >= 15 is 0 Å². The lowest BCUT2D eigenvalue weighted by Gasteiger charge is -2.15. The summed E-state index contributed by atoms with van der Waals surface area (Å²) in [6.07, 6.45) is 0. The SMILES string of the molecule is c1ccc(-c2ccc(-c3nc(-c4ccccc4)nc(-c4ccc(-c5cc6c7ccccc7oc6c6ccc(-c7ccccc7)cc56)c5ccccc45)n3)cc2)cc1. The lowest BCUT2D eigenvalue weighted by molar-refractivity contribution is 0.672. The molecule has 0 spiro atoms. The number of rotatable bonds is 6. The molecule has 0 amide bonds. The second-order valence-corrected chi connectivity index (χ2v) is 14.3. The molecule has 0 aliphatic rings. The Morgan fingerprint density at radius 1 is 0.263 bits per heavy atom. The highest BCUT2D eigenvalue weighted by atomic mass is 16.3. The third-order valence-corrected chi connectivity index (χ3v) is 11.0. The van der Waals surface area contributed by atoms with Gasteiger partial charge in [0.2, 0.25) is 0 Å². The van der Waals surface area contributed by atoms with Crippen molar-refractivity contribution in [2.45, 2.75) is 0 Å². The number of benzene rings is 9. The standard InChI is InChI=1S/C53H33N3O/c1-4-14-34(15-5-1)36-24-26-38(27-25-36)52-54-51(37-18-8-3-9-19-37)55-53(56-52)45-31-30-42(40-20-10-11-21-41(40)45)47-33-48-43-22-12-13-23-49(43)57-50(48)44-29-28-39(32-46(44)47)35-16-6-2-7-17-35/h1-33H. The molecule has 266 valence electrons. The molecule has 0 fully saturated rings. The number of hydrogen-bond acceptors (Lipinski definition) is 4. The van der Waals surface area contributed by atoms with E-state index in [2.05, 4.69) is 152 Å². The van der Waals surface area contributed by atoms with Gasteiger partial charge in [0.25, 0.3) is 0 Å². The molecule has 2 heterocycles. The largest absolute Gasteiger partial charge is 0.455 e. The van der Waals surface area contributed by atoms with Crippen LogP contribution < -0.4 is 0 Å². The van der Waals surface area contributed by atoms with Crippen molar-refractivity contribution < 1.29 is 4.42 Å². The predicted molar refractivity (Wildman–Crippen MR) is 235 cm³/mol. The zero-order valence-electron chi connectivity index (χ0n) is 30.8. The summed E-state index contributed by atoms with van der Waals surface area (Å²) in [4.78, 5) is 15.4. The van der Waals surface area contributed by atoms with Crippen LogP contribution in [0.4, 0.5) is 0 Å². The molecule has 0 saturated carbocycles. The average Bonchev–Trinajstić information content (AvgIpc) is 3.68. The van der Waals surface area contributed by atoms with Gasteiger partial charge in [-0.05, 0) is 79.9 Å². The first-order valence-electron chi connectivity index (χ1n) is 19.2. The Hall–Kier alpha value is -7.69. The van der Waals surface area contributed by atoms with E-state index in [0.717, 1.165) is 82.4 Å². The van der Waals surface area contributed by atoms with Crippen LogP contribution in [0, 0.1) is 0 Å². The third kappa shape index (κ3) is 5.74. The molecule has 0 N–H and O–H groups in total. The van der Waals surface area contributed by atoms with Crippen molar-refractivity contribution in [1.29, 1.82) is 0 Å². The summed E-state index contributed by atoms with van der Waals surface area (Å²) in [5.41, 5.74) is 11.5. The van der Waals surface area contributed by atoms with Crippen LogP contribution >= 0.6 is 0 Å². The summed E-state index contributed by atoms with van der Waals surface area (Å²) >= 11 is 0. The van der Waals surface area contributed by atoms with Crippen LogP contribution in [0.25, 0.3) is 111 Å². The van der Waals surface area contributed by atoms with Crippen molar-refractivity contribution in [3.05, 3.63) is 200 Å². The quantitative estimate of drug-likeness (QED) is 0.171. The molecule has 57 heavy (non-hydrogen) atoms. The number of aromatic nitrogens is 3. The van der Waals surface area contributed by atoms with Gasteiger partial charge in [0, 0.05) is 32.8 Å². The molecular weight excluding hydrogens is 695 g/mol. The molecule has 0 aliphatic carbocycles. The van der Waals surface area contributed by atoms with Gasteiger partial charge in [-0.1, -0.05) is 170 Å². The highest BCUT2D eigenvalue weighted by Crippen LogP contribution is 2.44. The molecule has 2 aromatic heterocycles. The molecule has 0 bridgehead atoms. The molecule has 0 unspecified atom stereocenters. The van der Waals surface area contributed by atoms with Crippen molar-refractivity contribution in [3.8, 4) is 67.5 Å². The zero-order valence-corrected chi connectivity index (χ0v) is 30.8. The average molecular weight is 728 g/mol. The summed E-state index contributed by atoms with van der Waals surface area (Å²) in [5.74, 6) is 1.89. The summed E-state index contributed by atoms with van der Waals surface area (Å²) < 4.78 is 6.57. The van der Waals surface area contributed by atoms with Crippen LogP contribution in [-0.4, -0.2) is 15.0 Å². The molecule has 0 aliphatic heterocycles. The number of nitrogens with zero attached hydrogens (tertiary/aromatic N) is 3. The highest BCUT2D eigenvalue weighted by Gasteiger charge is 2.20. The van der Waals surface area contributed by atoms with Gasteiger partial charge in [-0.15, -0.1) is 0 Å². The lowest BCUT2D eigenvalue weighted by Crippen LogP contribution is -2.01. The highest BCUT2D eigenvalue weighted by molar-refractivity contribution is 6.21. The van der Waals surface area contributed by atoms with E-state index in [1.807, 2.05) is 48.5 Å². The summed E-state index contributed by atoms with van der Waals surface area (Å²) in [5, 5.41) is 6.60. The van der Waals surface area contributed by atoms with Gasteiger partial charge >= 0.3 is 0 Å². The van der Waals surface area contributed by atoms with Crippen LogP contribution in [0.15, 0.2) is 205 Å². The fourth-order valence-electron chi connectivity index (χ4n) is 8.14. The van der Waals surface area contributed by atoms with Gasteiger partial charge < -0.3 is 4.42 Å². The van der Waals surface area contributed by atoms with E-state index in [9.17, 15) is 0 Å². The van der Waals surface area contributed by atoms with E-state index in [-0.39, 0.29) is 0 Å². The number of hydrogen-bond donors (Lipinski definition) is 0. The van der Waals surface area contributed by atoms with Crippen molar-refractivity contribution in [2.75, 3.05) is 0 Å². The molecule has 9 aromatic carbocycles. The monoisotopic (exact) mass is 727 g/mol. The van der Waals surface area contributed by atoms with Crippen molar-refractivity contribution in [2.24, 2.45) is 0 Å². The second-order valence-electron chi connectivity index (χ2n) is 14.3. The van der Waals surface area contributed by atoms with Crippen LogP contribution in [0.1, 0.15) is 0 Å². The van der Waals surface area contributed by atoms with Crippen molar-refractivity contribution in [3.63, 3.8) is 0 Å². The van der Waals surface area contributed by atoms with Gasteiger partial charge in [0.15, 0.2) is 17.5 Å². The normalized spacial score (nSPS) is 11.5. The van der Waals surface area contributed by atoms with Gasteiger partial charge in [0.05, 0.1) is 0 Å². The Morgan fingerprint density at radius 2 is 0.737 bits per heavy atom. The van der Waals surface area contributed by atoms with Gasteiger partial charge in [-0.3, -0.25) is 0 Å². The zero-order chi connectivity index (χ0) is 37.7. The Morgan fingerprint density at radius 3 is 1.42 bits per heavy atom. The Bertz CT molecular complexity index is 3260. The molecule has 4 nitrogen and oxygen atoms in total. The van der Waals surface area contributed by atoms with Crippen LogP contribution in [0.2, 0.25) is 0 Å². The predicted octanol–water partition coefficient (Wildman–Crippen LogP) is 14.1. The van der Waals surface area contributed by atoms with E-state index in [1.165, 1.54) is 11.1 Å². The van der Waals surface area contributed by atoms with Crippen molar-refractivity contribution >= 4 is 43.5 Å². The van der Waals surface area contributed by atoms with E-state index in [1.54, 1.807) is 0 Å². The maximum Gasteiger partial charge on any atom is 0.164 e. The van der Waals surface area contributed by atoms with Gasteiger partial charge in [0.1, 0.15) is 11.2 Å². The first-order chi connectivity index (χ1) is 28.2. The first-order valence-corrected chi connectivity index (χ1v) is 19.2. The molecule has 11 rings (SSSR count). The summed E-state index contributed by atoms with van der Waals surface area (Å²) in [6.45, 7) is 0. The fourth-order valence-corrected chi connectivity index (χ4v) is 8.14. The minimum absolute atomic E-state index is 0.626. The first kappa shape index (κ1) is 32.7. The number of furan rings is 1. The van der Waals surface area contributed by atoms with Gasteiger partial charge in [-0.25, -0.2) is 15.0 Å². The molecule has 0 atom stereocenters. The van der Waals surface area contributed by atoms with Crippen LogP contribution in [-0.2, 0) is 0 Å².